The van der Waals surface area contributed by atoms with Crippen LogP contribution in [0.4, 0.5) is 5.69 Å². The number of aryl methyl sites for hydroxylation is 1. The van der Waals surface area contributed by atoms with E-state index in [2.05, 4.69) is 15.6 Å². The summed E-state index contributed by atoms with van der Waals surface area (Å²) in [4.78, 5) is 4.04. The van der Waals surface area contributed by atoms with Gasteiger partial charge in [0, 0.05) is 44.8 Å². The molecule has 84 valence electrons. The average Bonchev–Trinajstić information content (AvgIpc) is 2.25. The molecule has 0 saturated carbocycles. The fourth-order valence-electron chi connectivity index (χ4n) is 1.26. The SMILES string of the molecule is COCCNCCNc1ccncc1C. The topological polar surface area (TPSA) is 46.2 Å². The lowest BCUT2D eigenvalue weighted by atomic mass is 10.2. The van der Waals surface area contributed by atoms with E-state index < -0.39 is 0 Å². The molecule has 0 atom stereocenters. The van der Waals surface area contributed by atoms with Crippen LogP contribution in [0.15, 0.2) is 18.5 Å². The highest BCUT2D eigenvalue weighted by Crippen LogP contribution is 2.10. The van der Waals surface area contributed by atoms with Gasteiger partial charge in [-0.25, -0.2) is 0 Å². The molecule has 0 bridgehead atoms. The van der Waals surface area contributed by atoms with Crippen LogP contribution in [0.5, 0.6) is 0 Å². The minimum Gasteiger partial charge on any atom is -0.383 e. The van der Waals surface area contributed by atoms with Gasteiger partial charge in [-0.05, 0) is 18.6 Å². The third-order valence-electron chi connectivity index (χ3n) is 2.12. The predicted molar refractivity (Wildman–Crippen MR) is 62.2 cm³/mol. The van der Waals surface area contributed by atoms with E-state index in [9.17, 15) is 0 Å². The van der Waals surface area contributed by atoms with Crippen LogP contribution < -0.4 is 10.6 Å². The molecule has 0 spiro atoms. The fraction of sp³-hybridized carbons (Fsp3) is 0.545. The van der Waals surface area contributed by atoms with Crippen molar-refractivity contribution in [3.8, 4) is 0 Å². The zero-order chi connectivity index (χ0) is 10.9. The molecular weight excluding hydrogens is 190 g/mol. The number of hydrogen-bond acceptors (Lipinski definition) is 4. The Labute approximate surface area is 91.1 Å². The zero-order valence-electron chi connectivity index (χ0n) is 9.42. The van der Waals surface area contributed by atoms with Crippen molar-refractivity contribution in [3.63, 3.8) is 0 Å². The number of ether oxygens (including phenoxy) is 1. The van der Waals surface area contributed by atoms with Gasteiger partial charge >= 0.3 is 0 Å². The summed E-state index contributed by atoms with van der Waals surface area (Å²) in [7, 11) is 1.71. The zero-order valence-corrected chi connectivity index (χ0v) is 9.42. The summed E-state index contributed by atoms with van der Waals surface area (Å²) in [6.07, 6.45) is 3.66. The molecule has 0 saturated heterocycles. The van der Waals surface area contributed by atoms with Gasteiger partial charge in [0.05, 0.1) is 6.61 Å². The molecule has 0 amide bonds. The second kappa shape index (κ2) is 7.20. The van der Waals surface area contributed by atoms with E-state index in [-0.39, 0.29) is 0 Å². The van der Waals surface area contributed by atoms with Crippen molar-refractivity contribution >= 4 is 5.69 Å². The summed E-state index contributed by atoms with van der Waals surface area (Å²) < 4.78 is 4.93. The largest absolute Gasteiger partial charge is 0.383 e. The Hall–Kier alpha value is -1.13. The molecule has 4 nitrogen and oxygen atoms in total. The van der Waals surface area contributed by atoms with Gasteiger partial charge in [-0.2, -0.15) is 0 Å². The summed E-state index contributed by atoms with van der Waals surface area (Å²) in [6.45, 7) is 5.55. The monoisotopic (exact) mass is 209 g/mol. The van der Waals surface area contributed by atoms with Crippen LogP contribution in [-0.4, -0.2) is 38.3 Å². The summed E-state index contributed by atoms with van der Waals surface area (Å²) in [5.41, 5.74) is 2.33. The molecule has 15 heavy (non-hydrogen) atoms. The lowest BCUT2D eigenvalue weighted by Gasteiger charge is -2.09. The minimum atomic E-state index is 0.758. The van der Waals surface area contributed by atoms with Crippen LogP contribution in [0.2, 0.25) is 0 Å². The number of nitrogens with zero attached hydrogens (tertiary/aromatic N) is 1. The van der Waals surface area contributed by atoms with Gasteiger partial charge in [-0.3, -0.25) is 4.98 Å². The Morgan fingerprint density at radius 1 is 1.33 bits per heavy atom. The molecule has 0 fully saturated rings. The maximum atomic E-state index is 4.93. The molecule has 0 unspecified atom stereocenters. The summed E-state index contributed by atoms with van der Waals surface area (Å²) in [6, 6.07) is 1.99. The molecule has 1 heterocycles. The van der Waals surface area contributed by atoms with Gasteiger partial charge in [0.15, 0.2) is 0 Å². The fourth-order valence-corrected chi connectivity index (χ4v) is 1.26. The maximum Gasteiger partial charge on any atom is 0.0587 e. The average molecular weight is 209 g/mol. The van der Waals surface area contributed by atoms with Gasteiger partial charge in [0.1, 0.15) is 0 Å². The maximum absolute atomic E-state index is 4.93. The number of anilines is 1. The van der Waals surface area contributed by atoms with Crippen molar-refractivity contribution < 1.29 is 4.74 Å². The number of hydrogen-bond donors (Lipinski definition) is 2. The molecule has 1 rings (SSSR count). The van der Waals surface area contributed by atoms with Crippen LogP contribution in [0.25, 0.3) is 0 Å². The molecule has 0 aliphatic rings. The third kappa shape index (κ3) is 4.76. The quantitative estimate of drug-likeness (QED) is 0.659. The lowest BCUT2D eigenvalue weighted by Crippen LogP contribution is -2.25. The van der Waals surface area contributed by atoms with E-state index in [0.717, 1.165) is 31.9 Å². The molecule has 0 radical (unpaired) electrons. The first-order chi connectivity index (χ1) is 7.34. The molecule has 2 N–H and O–H groups in total. The molecule has 0 aliphatic heterocycles. The normalized spacial score (nSPS) is 10.3. The van der Waals surface area contributed by atoms with Crippen molar-refractivity contribution in [2.24, 2.45) is 0 Å². The van der Waals surface area contributed by atoms with Crippen LogP contribution in [0.1, 0.15) is 5.56 Å². The minimum absolute atomic E-state index is 0.758. The summed E-state index contributed by atoms with van der Waals surface area (Å²) in [5, 5.41) is 6.62. The van der Waals surface area contributed by atoms with Gasteiger partial charge in [0.25, 0.3) is 0 Å². The van der Waals surface area contributed by atoms with E-state index in [1.165, 1.54) is 5.56 Å². The number of nitrogens with one attached hydrogen (secondary N) is 2. The van der Waals surface area contributed by atoms with E-state index in [1.54, 1.807) is 13.3 Å². The smallest absolute Gasteiger partial charge is 0.0587 e. The van der Waals surface area contributed by atoms with Gasteiger partial charge in [-0.1, -0.05) is 0 Å². The number of methoxy groups -OCH3 is 1. The van der Waals surface area contributed by atoms with Crippen LogP contribution in [0.3, 0.4) is 0 Å². The Bertz CT molecular complexity index is 278. The molecule has 0 aromatic carbocycles. The van der Waals surface area contributed by atoms with E-state index in [0.29, 0.717) is 0 Å². The van der Waals surface area contributed by atoms with Gasteiger partial charge in [-0.15, -0.1) is 0 Å². The Morgan fingerprint density at radius 2 is 2.20 bits per heavy atom. The van der Waals surface area contributed by atoms with E-state index >= 15 is 0 Å². The second-order valence-electron chi connectivity index (χ2n) is 3.36. The molecular formula is C11H19N3O. The van der Waals surface area contributed by atoms with Crippen molar-refractivity contribution in [2.45, 2.75) is 6.92 Å². The van der Waals surface area contributed by atoms with Crippen molar-refractivity contribution in [2.75, 3.05) is 38.7 Å². The summed E-state index contributed by atoms with van der Waals surface area (Å²) in [5.74, 6) is 0. The van der Waals surface area contributed by atoms with Crippen LogP contribution in [0, 0.1) is 6.92 Å². The Balaban J connectivity index is 2.12. The highest BCUT2D eigenvalue weighted by molar-refractivity contribution is 5.48. The highest BCUT2D eigenvalue weighted by atomic mass is 16.5. The van der Waals surface area contributed by atoms with Crippen molar-refractivity contribution in [1.82, 2.24) is 10.3 Å². The molecule has 0 aliphatic carbocycles. The highest BCUT2D eigenvalue weighted by Gasteiger charge is 1.94. The Morgan fingerprint density at radius 3 is 2.93 bits per heavy atom. The first-order valence-corrected chi connectivity index (χ1v) is 5.18. The van der Waals surface area contributed by atoms with E-state index in [1.807, 2.05) is 19.2 Å². The number of aromatic nitrogens is 1. The standard InChI is InChI=1S/C11H19N3O/c1-10-9-13-4-3-11(10)14-6-5-12-7-8-15-2/h3-4,9,12H,5-8H2,1-2H3,(H,13,14). The van der Waals surface area contributed by atoms with Crippen molar-refractivity contribution in [3.05, 3.63) is 24.0 Å². The molecule has 1 aromatic rings. The first kappa shape index (κ1) is 11.9. The van der Waals surface area contributed by atoms with E-state index in [4.69, 9.17) is 4.74 Å². The van der Waals surface area contributed by atoms with Crippen LogP contribution in [-0.2, 0) is 4.74 Å². The Kier molecular flexibility index (Phi) is 5.73. The van der Waals surface area contributed by atoms with Gasteiger partial charge < -0.3 is 15.4 Å². The first-order valence-electron chi connectivity index (χ1n) is 5.18. The number of rotatable bonds is 7. The molecule has 4 heteroatoms. The lowest BCUT2D eigenvalue weighted by molar-refractivity contribution is 0.200. The summed E-state index contributed by atoms with van der Waals surface area (Å²) >= 11 is 0. The number of pyridine rings is 1. The van der Waals surface area contributed by atoms with Crippen molar-refractivity contribution in [1.29, 1.82) is 0 Å². The van der Waals surface area contributed by atoms with Crippen LogP contribution >= 0.6 is 0 Å². The predicted octanol–water partition coefficient (Wildman–Crippen LogP) is 1.04. The molecule has 1 aromatic heterocycles. The third-order valence-corrected chi connectivity index (χ3v) is 2.12. The van der Waals surface area contributed by atoms with Gasteiger partial charge in [0.2, 0.25) is 0 Å². The second-order valence-corrected chi connectivity index (χ2v) is 3.36.